The van der Waals surface area contributed by atoms with Crippen molar-refractivity contribution in [1.82, 2.24) is 9.97 Å². The maximum absolute atomic E-state index is 13.1. The zero-order valence-electron chi connectivity index (χ0n) is 14.7. The lowest BCUT2D eigenvalue weighted by Crippen LogP contribution is -2.30. The van der Waals surface area contributed by atoms with Gasteiger partial charge in [-0.2, -0.15) is 0 Å². The van der Waals surface area contributed by atoms with Gasteiger partial charge in [0.1, 0.15) is 11.3 Å². The Morgan fingerprint density at radius 1 is 1.15 bits per heavy atom. The average Bonchev–Trinajstić information content (AvgIpc) is 3.37. The minimum Gasteiger partial charge on any atom is -0.492 e. The third-order valence-corrected chi connectivity index (χ3v) is 5.83. The Hall–Kier alpha value is -2.77. The quantitative estimate of drug-likeness (QED) is 0.461. The van der Waals surface area contributed by atoms with Crippen LogP contribution in [0.4, 0.5) is 5.13 Å². The SMILES string of the molecule is CCOc1cccc2sc(N(Cc3ccccn3)C(=O)c3cccs3)nc12. The Morgan fingerprint density at radius 2 is 2.07 bits per heavy atom. The number of fused-ring (bicyclic) bond motifs is 1. The van der Waals surface area contributed by atoms with Gasteiger partial charge in [0.15, 0.2) is 5.13 Å². The number of ether oxygens (including phenoxy) is 1. The standard InChI is InChI=1S/C20H17N3O2S2/c1-2-25-15-8-5-9-16-18(15)22-20(27-16)23(13-14-7-3-4-11-21-14)19(24)17-10-6-12-26-17/h3-12H,2,13H2,1H3. The van der Waals surface area contributed by atoms with Crippen LogP contribution in [-0.2, 0) is 6.54 Å². The number of amides is 1. The first kappa shape index (κ1) is 17.6. The van der Waals surface area contributed by atoms with E-state index < -0.39 is 0 Å². The molecule has 4 aromatic rings. The van der Waals surface area contributed by atoms with Gasteiger partial charge in [0.05, 0.1) is 28.4 Å². The molecule has 0 aliphatic rings. The van der Waals surface area contributed by atoms with Gasteiger partial charge in [-0.3, -0.25) is 14.7 Å². The van der Waals surface area contributed by atoms with Gasteiger partial charge >= 0.3 is 0 Å². The van der Waals surface area contributed by atoms with E-state index in [2.05, 4.69) is 4.98 Å². The highest BCUT2D eigenvalue weighted by atomic mass is 32.1. The minimum atomic E-state index is -0.0762. The van der Waals surface area contributed by atoms with E-state index in [9.17, 15) is 4.79 Å². The molecular formula is C20H17N3O2S2. The van der Waals surface area contributed by atoms with Crippen molar-refractivity contribution in [3.05, 3.63) is 70.7 Å². The van der Waals surface area contributed by atoms with Gasteiger partial charge in [0, 0.05) is 6.20 Å². The summed E-state index contributed by atoms with van der Waals surface area (Å²) in [4.78, 5) is 24.6. The van der Waals surface area contributed by atoms with Crippen LogP contribution in [0.25, 0.3) is 10.2 Å². The molecule has 1 aromatic carbocycles. The molecule has 0 unspecified atom stereocenters. The second-order valence-corrected chi connectivity index (χ2v) is 7.68. The molecule has 0 radical (unpaired) electrons. The Kier molecular flexibility index (Phi) is 5.13. The number of para-hydroxylation sites is 1. The van der Waals surface area contributed by atoms with Crippen molar-refractivity contribution in [2.24, 2.45) is 0 Å². The Balaban J connectivity index is 1.77. The molecule has 136 valence electrons. The van der Waals surface area contributed by atoms with Crippen LogP contribution in [0.2, 0.25) is 0 Å². The number of carbonyl (C=O) groups is 1. The molecule has 0 bridgehead atoms. The molecule has 3 heterocycles. The third kappa shape index (κ3) is 3.70. The van der Waals surface area contributed by atoms with Crippen molar-refractivity contribution in [2.45, 2.75) is 13.5 Å². The molecule has 0 aliphatic heterocycles. The van der Waals surface area contributed by atoms with E-state index in [4.69, 9.17) is 9.72 Å². The molecule has 0 saturated heterocycles. The summed E-state index contributed by atoms with van der Waals surface area (Å²) in [6.07, 6.45) is 1.73. The monoisotopic (exact) mass is 395 g/mol. The summed E-state index contributed by atoms with van der Waals surface area (Å²) in [5.41, 5.74) is 1.59. The van der Waals surface area contributed by atoms with Crippen molar-refractivity contribution >= 4 is 43.9 Å². The van der Waals surface area contributed by atoms with Crippen LogP contribution in [-0.4, -0.2) is 22.5 Å². The number of hydrogen-bond donors (Lipinski definition) is 0. The fourth-order valence-electron chi connectivity index (χ4n) is 2.71. The van der Waals surface area contributed by atoms with E-state index in [0.717, 1.165) is 21.7 Å². The van der Waals surface area contributed by atoms with E-state index in [0.29, 0.717) is 23.2 Å². The zero-order valence-corrected chi connectivity index (χ0v) is 16.3. The summed E-state index contributed by atoms with van der Waals surface area (Å²) in [5, 5.41) is 2.54. The van der Waals surface area contributed by atoms with Gasteiger partial charge in [-0.1, -0.05) is 29.5 Å². The van der Waals surface area contributed by atoms with Gasteiger partial charge in [-0.15, -0.1) is 11.3 Å². The molecule has 4 rings (SSSR count). The van der Waals surface area contributed by atoms with Crippen LogP contribution >= 0.6 is 22.7 Å². The maximum Gasteiger partial charge on any atom is 0.270 e. The molecule has 0 fully saturated rings. The Morgan fingerprint density at radius 3 is 2.81 bits per heavy atom. The van der Waals surface area contributed by atoms with Gasteiger partial charge < -0.3 is 4.74 Å². The highest BCUT2D eigenvalue weighted by Crippen LogP contribution is 2.35. The molecule has 0 spiro atoms. The average molecular weight is 396 g/mol. The van der Waals surface area contributed by atoms with Crippen LogP contribution in [0.3, 0.4) is 0 Å². The molecule has 3 aromatic heterocycles. The Labute approximate surface area is 164 Å². The van der Waals surface area contributed by atoms with Crippen molar-refractivity contribution < 1.29 is 9.53 Å². The predicted octanol–water partition coefficient (Wildman–Crippen LogP) is 5.00. The van der Waals surface area contributed by atoms with Gasteiger partial charge in [0.25, 0.3) is 5.91 Å². The number of carbonyl (C=O) groups excluding carboxylic acids is 1. The minimum absolute atomic E-state index is 0.0762. The van der Waals surface area contributed by atoms with Gasteiger partial charge in [-0.25, -0.2) is 4.98 Å². The fraction of sp³-hybridized carbons (Fsp3) is 0.150. The highest BCUT2D eigenvalue weighted by molar-refractivity contribution is 7.22. The molecule has 27 heavy (non-hydrogen) atoms. The topological polar surface area (TPSA) is 55.3 Å². The molecular weight excluding hydrogens is 378 g/mol. The van der Waals surface area contributed by atoms with Crippen molar-refractivity contribution in [1.29, 1.82) is 0 Å². The summed E-state index contributed by atoms with van der Waals surface area (Å²) < 4.78 is 6.68. The first-order valence-corrected chi connectivity index (χ1v) is 10.2. The second-order valence-electron chi connectivity index (χ2n) is 5.72. The molecule has 1 amide bonds. The third-order valence-electron chi connectivity index (χ3n) is 3.92. The van der Waals surface area contributed by atoms with Crippen LogP contribution in [0.1, 0.15) is 22.3 Å². The first-order valence-electron chi connectivity index (χ1n) is 8.54. The Bertz CT molecular complexity index is 1050. The number of nitrogens with zero attached hydrogens (tertiary/aromatic N) is 3. The van der Waals surface area contributed by atoms with Gasteiger partial charge in [0.2, 0.25) is 0 Å². The number of thiazole rings is 1. The normalized spacial score (nSPS) is 10.9. The van der Waals surface area contributed by atoms with Crippen molar-refractivity contribution in [3.63, 3.8) is 0 Å². The largest absolute Gasteiger partial charge is 0.492 e. The van der Waals surface area contributed by atoms with Crippen LogP contribution in [0.5, 0.6) is 5.75 Å². The molecule has 0 N–H and O–H groups in total. The van der Waals surface area contributed by atoms with Crippen LogP contribution < -0.4 is 9.64 Å². The summed E-state index contributed by atoms with van der Waals surface area (Å²) in [6, 6.07) is 15.2. The summed E-state index contributed by atoms with van der Waals surface area (Å²) in [5.74, 6) is 0.659. The van der Waals surface area contributed by atoms with E-state index in [1.54, 1.807) is 11.1 Å². The van der Waals surface area contributed by atoms with E-state index in [-0.39, 0.29) is 5.91 Å². The van der Waals surface area contributed by atoms with Crippen LogP contribution in [0.15, 0.2) is 60.1 Å². The molecule has 0 saturated carbocycles. The lowest BCUT2D eigenvalue weighted by atomic mass is 10.3. The molecule has 0 aliphatic carbocycles. The highest BCUT2D eigenvalue weighted by Gasteiger charge is 2.23. The molecule has 0 atom stereocenters. The van der Waals surface area contributed by atoms with E-state index in [1.807, 2.05) is 60.8 Å². The zero-order chi connectivity index (χ0) is 18.6. The summed E-state index contributed by atoms with van der Waals surface area (Å²) >= 11 is 2.90. The lowest BCUT2D eigenvalue weighted by Gasteiger charge is -2.18. The number of benzene rings is 1. The summed E-state index contributed by atoms with van der Waals surface area (Å²) in [7, 11) is 0. The van der Waals surface area contributed by atoms with Crippen LogP contribution in [0, 0.1) is 0 Å². The van der Waals surface area contributed by atoms with E-state index >= 15 is 0 Å². The molecule has 5 nitrogen and oxygen atoms in total. The number of hydrogen-bond acceptors (Lipinski definition) is 6. The lowest BCUT2D eigenvalue weighted by molar-refractivity contribution is 0.0988. The number of pyridine rings is 1. The van der Waals surface area contributed by atoms with E-state index in [1.165, 1.54) is 22.7 Å². The number of anilines is 1. The fourth-order valence-corrected chi connectivity index (χ4v) is 4.36. The van der Waals surface area contributed by atoms with Gasteiger partial charge in [-0.05, 0) is 42.6 Å². The number of aromatic nitrogens is 2. The predicted molar refractivity (Wildman–Crippen MR) is 110 cm³/mol. The van der Waals surface area contributed by atoms with Crippen molar-refractivity contribution in [3.8, 4) is 5.75 Å². The first-order chi connectivity index (χ1) is 13.3. The van der Waals surface area contributed by atoms with Crippen molar-refractivity contribution in [2.75, 3.05) is 11.5 Å². The summed E-state index contributed by atoms with van der Waals surface area (Å²) in [6.45, 7) is 2.87. The maximum atomic E-state index is 13.1. The number of rotatable bonds is 6. The smallest absolute Gasteiger partial charge is 0.270 e. The number of thiophene rings is 1. The second kappa shape index (κ2) is 7.85. The molecule has 7 heteroatoms.